The molecule has 3 rings (SSSR count). The highest BCUT2D eigenvalue weighted by Crippen LogP contribution is 2.36. The summed E-state index contributed by atoms with van der Waals surface area (Å²) in [6.07, 6.45) is 7.67. The maximum absolute atomic E-state index is 12.9. The minimum Gasteiger partial charge on any atom is -0.335 e. The molecule has 1 aliphatic carbocycles. The van der Waals surface area contributed by atoms with Crippen LogP contribution in [0.2, 0.25) is 0 Å². The average Bonchev–Trinajstić information content (AvgIpc) is 2.53. The Labute approximate surface area is 128 Å². The maximum atomic E-state index is 12.9. The Kier molecular flexibility index (Phi) is 4.32. The van der Waals surface area contributed by atoms with E-state index >= 15 is 0 Å². The van der Waals surface area contributed by atoms with E-state index < -0.39 is 0 Å². The third kappa shape index (κ3) is 3.00. The van der Waals surface area contributed by atoms with Crippen LogP contribution in [-0.4, -0.2) is 23.4 Å². The van der Waals surface area contributed by atoms with E-state index in [1.54, 1.807) is 0 Å². The third-order valence-electron chi connectivity index (χ3n) is 5.33. The summed E-state index contributed by atoms with van der Waals surface area (Å²) in [6.45, 7) is 5.33. The number of piperidine rings is 1. The summed E-state index contributed by atoms with van der Waals surface area (Å²) in [4.78, 5) is 15.0. The number of nitrogens with zero attached hydrogens (tertiary/aromatic N) is 1. The molecule has 1 saturated heterocycles. The minimum absolute atomic E-state index is 0.252. The first-order valence-electron chi connectivity index (χ1n) is 8.57. The number of rotatable bonds is 2. The molecule has 1 aromatic rings. The number of likely N-dealkylation sites (tertiary alicyclic amines) is 1. The van der Waals surface area contributed by atoms with Crippen molar-refractivity contribution in [3.63, 3.8) is 0 Å². The number of hydrogen-bond donors (Lipinski definition) is 0. The normalized spacial score (nSPS) is 25.8. The van der Waals surface area contributed by atoms with E-state index in [9.17, 15) is 4.79 Å². The van der Waals surface area contributed by atoms with Gasteiger partial charge in [0.1, 0.15) is 0 Å². The minimum atomic E-state index is 0.252. The van der Waals surface area contributed by atoms with Crippen molar-refractivity contribution in [2.24, 2.45) is 5.92 Å². The summed E-state index contributed by atoms with van der Waals surface area (Å²) < 4.78 is 0. The van der Waals surface area contributed by atoms with Crippen LogP contribution in [0.3, 0.4) is 0 Å². The molecule has 2 nitrogen and oxygen atoms in total. The average molecular weight is 285 g/mol. The van der Waals surface area contributed by atoms with Crippen LogP contribution in [0.25, 0.3) is 0 Å². The largest absolute Gasteiger partial charge is 0.335 e. The lowest BCUT2D eigenvalue weighted by Crippen LogP contribution is -2.49. The molecular formula is C19H27NO. The first-order valence-corrected chi connectivity index (χ1v) is 8.57. The van der Waals surface area contributed by atoms with Gasteiger partial charge in [-0.2, -0.15) is 0 Å². The maximum Gasteiger partial charge on any atom is 0.254 e. The molecule has 1 heterocycles. The number of hydrogen-bond acceptors (Lipinski definition) is 1. The lowest BCUT2D eigenvalue weighted by Gasteiger charge is -2.44. The summed E-state index contributed by atoms with van der Waals surface area (Å²) in [5.74, 6) is 1.53. The van der Waals surface area contributed by atoms with Gasteiger partial charge in [-0.25, -0.2) is 0 Å². The Balaban J connectivity index is 1.77. The van der Waals surface area contributed by atoms with Crippen molar-refractivity contribution in [3.8, 4) is 0 Å². The van der Waals surface area contributed by atoms with Crippen LogP contribution in [0.15, 0.2) is 24.3 Å². The molecule has 0 radical (unpaired) electrons. The summed E-state index contributed by atoms with van der Waals surface area (Å²) in [7, 11) is 0. The van der Waals surface area contributed by atoms with Crippen molar-refractivity contribution >= 4 is 5.91 Å². The van der Waals surface area contributed by atoms with Gasteiger partial charge in [0.15, 0.2) is 0 Å². The lowest BCUT2D eigenvalue weighted by molar-refractivity contribution is 0.0390. The molecule has 0 aromatic heterocycles. The molecule has 0 N–H and O–H groups in total. The Morgan fingerprint density at radius 2 is 1.71 bits per heavy atom. The summed E-state index contributed by atoms with van der Waals surface area (Å²) >= 11 is 0. The van der Waals surface area contributed by atoms with E-state index in [0.29, 0.717) is 12.0 Å². The van der Waals surface area contributed by atoms with Gasteiger partial charge in [-0.3, -0.25) is 4.79 Å². The highest BCUT2D eigenvalue weighted by Gasteiger charge is 2.35. The zero-order valence-corrected chi connectivity index (χ0v) is 13.3. The molecule has 2 heteroatoms. The van der Waals surface area contributed by atoms with Crippen LogP contribution in [0.4, 0.5) is 0 Å². The molecular weight excluding hydrogens is 258 g/mol. The second kappa shape index (κ2) is 6.21. The van der Waals surface area contributed by atoms with Crippen LogP contribution < -0.4 is 0 Å². The molecule has 0 spiro atoms. The Morgan fingerprint density at radius 1 is 1.05 bits per heavy atom. The summed E-state index contributed by atoms with van der Waals surface area (Å²) in [6, 6.07) is 8.76. The molecule has 0 bridgehead atoms. The molecule has 1 saturated carbocycles. The molecule has 21 heavy (non-hydrogen) atoms. The van der Waals surface area contributed by atoms with E-state index in [4.69, 9.17) is 0 Å². The van der Waals surface area contributed by atoms with Crippen molar-refractivity contribution in [2.45, 2.75) is 64.3 Å². The molecule has 2 unspecified atom stereocenters. The molecule has 114 valence electrons. The quantitative estimate of drug-likeness (QED) is 0.777. The van der Waals surface area contributed by atoms with Gasteiger partial charge >= 0.3 is 0 Å². The number of carbonyl (C=O) groups is 1. The van der Waals surface area contributed by atoms with Crippen molar-refractivity contribution in [1.29, 1.82) is 0 Å². The summed E-state index contributed by atoms with van der Waals surface area (Å²) in [5, 5.41) is 0. The Morgan fingerprint density at radius 3 is 2.43 bits per heavy atom. The fourth-order valence-corrected chi connectivity index (χ4v) is 4.05. The smallest absolute Gasteiger partial charge is 0.254 e. The van der Waals surface area contributed by atoms with Crippen LogP contribution >= 0.6 is 0 Å². The first kappa shape index (κ1) is 14.6. The van der Waals surface area contributed by atoms with E-state index in [1.165, 1.54) is 44.1 Å². The van der Waals surface area contributed by atoms with Crippen molar-refractivity contribution in [1.82, 2.24) is 4.90 Å². The van der Waals surface area contributed by atoms with Crippen molar-refractivity contribution in [2.75, 3.05) is 6.54 Å². The second-order valence-electron chi connectivity index (χ2n) is 7.03. The first-order chi connectivity index (χ1) is 10.2. The number of carbonyl (C=O) groups excluding carboxylic acids is 1. The van der Waals surface area contributed by atoms with Gasteiger partial charge in [0, 0.05) is 18.2 Å². The van der Waals surface area contributed by atoms with Gasteiger partial charge in [0.05, 0.1) is 0 Å². The number of benzene rings is 1. The van der Waals surface area contributed by atoms with Gasteiger partial charge in [-0.15, -0.1) is 0 Å². The molecule has 1 amide bonds. The van der Waals surface area contributed by atoms with Crippen LogP contribution in [0, 0.1) is 5.92 Å². The predicted octanol–water partition coefficient (Wildman–Crippen LogP) is 4.60. The van der Waals surface area contributed by atoms with Crippen LogP contribution in [-0.2, 0) is 0 Å². The van der Waals surface area contributed by atoms with Gasteiger partial charge < -0.3 is 4.90 Å². The number of fused-ring (bicyclic) bond motifs is 1. The highest BCUT2D eigenvalue weighted by molar-refractivity contribution is 5.94. The second-order valence-corrected chi connectivity index (χ2v) is 7.03. The SMILES string of the molecule is CC(C)c1ccc(C(=O)N2CCCC3CCCCC32)cc1. The van der Waals surface area contributed by atoms with Crippen LogP contribution in [0.1, 0.15) is 74.2 Å². The van der Waals surface area contributed by atoms with Gasteiger partial charge in [-0.1, -0.05) is 38.8 Å². The van der Waals surface area contributed by atoms with Crippen molar-refractivity contribution < 1.29 is 4.79 Å². The van der Waals surface area contributed by atoms with Crippen molar-refractivity contribution in [3.05, 3.63) is 35.4 Å². The molecule has 2 aliphatic rings. The Bertz CT molecular complexity index is 489. The topological polar surface area (TPSA) is 20.3 Å². The molecule has 2 fully saturated rings. The number of amides is 1. The fourth-order valence-electron chi connectivity index (χ4n) is 4.05. The lowest BCUT2D eigenvalue weighted by atomic mass is 9.78. The molecule has 1 aliphatic heterocycles. The molecule has 1 aromatic carbocycles. The standard InChI is InChI=1S/C19H27NO/c1-14(2)15-9-11-17(12-10-15)19(21)20-13-5-7-16-6-3-4-8-18(16)20/h9-12,14,16,18H,3-8,13H2,1-2H3. The Hall–Kier alpha value is -1.31. The van der Waals surface area contributed by atoms with E-state index in [-0.39, 0.29) is 5.91 Å². The predicted molar refractivity (Wildman–Crippen MR) is 86.5 cm³/mol. The molecule has 2 atom stereocenters. The zero-order valence-electron chi connectivity index (χ0n) is 13.3. The summed E-state index contributed by atoms with van der Waals surface area (Å²) in [5.41, 5.74) is 2.17. The van der Waals surface area contributed by atoms with E-state index in [2.05, 4.69) is 30.9 Å². The zero-order chi connectivity index (χ0) is 14.8. The third-order valence-corrected chi connectivity index (χ3v) is 5.33. The van der Waals surface area contributed by atoms with E-state index in [0.717, 1.165) is 18.0 Å². The fraction of sp³-hybridized carbons (Fsp3) is 0.632. The van der Waals surface area contributed by atoms with Gasteiger partial charge in [0.25, 0.3) is 5.91 Å². The highest BCUT2D eigenvalue weighted by atomic mass is 16.2. The monoisotopic (exact) mass is 285 g/mol. The van der Waals surface area contributed by atoms with Crippen LogP contribution in [0.5, 0.6) is 0 Å². The van der Waals surface area contributed by atoms with Gasteiger partial charge in [0.2, 0.25) is 0 Å². The van der Waals surface area contributed by atoms with E-state index in [1.807, 2.05) is 12.1 Å². The van der Waals surface area contributed by atoms with Gasteiger partial charge in [-0.05, 0) is 55.2 Å².